The highest BCUT2D eigenvalue weighted by atomic mass is 79.9. The second-order valence-electron chi connectivity index (χ2n) is 6.72. The van der Waals surface area contributed by atoms with Crippen LogP contribution in [0.15, 0.2) is 21.2 Å². The number of pyridine rings is 1. The molecule has 0 spiro atoms. The molecule has 3 aliphatic carbocycles. The molecule has 2 nitrogen and oxygen atoms in total. The average Bonchev–Trinajstić information content (AvgIpc) is 3.10. The van der Waals surface area contributed by atoms with Crippen molar-refractivity contribution in [2.24, 2.45) is 23.7 Å². The summed E-state index contributed by atoms with van der Waals surface area (Å²) in [5.41, 5.74) is 1.12. The van der Waals surface area contributed by atoms with Gasteiger partial charge in [-0.2, -0.15) is 0 Å². The minimum Gasteiger partial charge on any atom is -0.308 e. The molecule has 0 aliphatic heterocycles. The van der Waals surface area contributed by atoms with E-state index in [1.54, 1.807) is 0 Å². The van der Waals surface area contributed by atoms with Gasteiger partial charge in [-0.1, -0.05) is 6.42 Å². The Morgan fingerprint density at radius 3 is 2.85 bits per heavy atom. The summed E-state index contributed by atoms with van der Waals surface area (Å²) in [6.07, 6.45) is 9.26. The third-order valence-electron chi connectivity index (χ3n) is 5.84. The zero-order valence-corrected chi connectivity index (χ0v) is 14.7. The molecular formula is C16H20Br2N2. The second-order valence-corrected chi connectivity index (χ2v) is 8.49. The lowest BCUT2D eigenvalue weighted by atomic mass is 9.79. The summed E-state index contributed by atoms with van der Waals surface area (Å²) in [6, 6.07) is 2.81. The summed E-state index contributed by atoms with van der Waals surface area (Å²) in [5, 5.41) is 3.79. The van der Waals surface area contributed by atoms with Gasteiger partial charge in [0.05, 0.1) is 5.69 Å². The first-order valence-electron chi connectivity index (χ1n) is 7.75. The summed E-state index contributed by atoms with van der Waals surface area (Å²) in [4.78, 5) is 4.51. The Balaban J connectivity index is 1.41. The van der Waals surface area contributed by atoms with Gasteiger partial charge in [-0.15, -0.1) is 0 Å². The highest BCUT2D eigenvalue weighted by Crippen LogP contribution is 2.58. The first-order valence-corrected chi connectivity index (χ1v) is 9.34. The normalized spacial score (nSPS) is 38.4. The Bertz CT molecular complexity index is 519. The van der Waals surface area contributed by atoms with Crippen LogP contribution in [-0.4, -0.2) is 11.0 Å². The fourth-order valence-corrected chi connectivity index (χ4v) is 6.23. The van der Waals surface area contributed by atoms with Crippen molar-refractivity contribution in [3.8, 4) is 0 Å². The van der Waals surface area contributed by atoms with Gasteiger partial charge in [0, 0.05) is 27.7 Å². The van der Waals surface area contributed by atoms with Crippen molar-refractivity contribution < 1.29 is 0 Å². The molecule has 4 rings (SSSR count). The molecule has 1 aromatic rings. The van der Waals surface area contributed by atoms with Gasteiger partial charge < -0.3 is 5.32 Å². The highest BCUT2D eigenvalue weighted by Gasteiger charge is 2.53. The molecule has 5 unspecified atom stereocenters. The van der Waals surface area contributed by atoms with Crippen LogP contribution in [0.1, 0.15) is 37.8 Å². The van der Waals surface area contributed by atoms with Crippen molar-refractivity contribution in [1.82, 2.24) is 10.3 Å². The summed E-state index contributed by atoms with van der Waals surface area (Å²) in [6.45, 7) is 0.888. The van der Waals surface area contributed by atoms with E-state index in [9.17, 15) is 0 Å². The molecule has 3 aliphatic rings. The number of rotatable bonds is 3. The zero-order chi connectivity index (χ0) is 13.7. The summed E-state index contributed by atoms with van der Waals surface area (Å²) >= 11 is 7.07. The van der Waals surface area contributed by atoms with E-state index in [0.29, 0.717) is 0 Å². The molecule has 3 fully saturated rings. The maximum Gasteiger partial charge on any atom is 0.0684 e. The van der Waals surface area contributed by atoms with E-state index >= 15 is 0 Å². The van der Waals surface area contributed by atoms with Crippen LogP contribution in [0.3, 0.4) is 0 Å². The minimum absolute atomic E-state index is 0.733. The molecule has 0 radical (unpaired) electrons. The van der Waals surface area contributed by atoms with Crippen molar-refractivity contribution in [3.63, 3.8) is 0 Å². The third kappa shape index (κ3) is 2.28. The van der Waals surface area contributed by atoms with Crippen LogP contribution in [-0.2, 0) is 6.54 Å². The number of halogens is 2. The molecule has 2 bridgehead atoms. The molecule has 20 heavy (non-hydrogen) atoms. The number of hydrogen-bond donors (Lipinski definition) is 1. The lowest BCUT2D eigenvalue weighted by Crippen LogP contribution is -2.39. The highest BCUT2D eigenvalue weighted by molar-refractivity contribution is 9.11. The third-order valence-corrected chi connectivity index (χ3v) is 6.96. The predicted molar refractivity (Wildman–Crippen MR) is 87.3 cm³/mol. The van der Waals surface area contributed by atoms with E-state index < -0.39 is 0 Å². The molecule has 5 atom stereocenters. The maximum atomic E-state index is 4.51. The van der Waals surface area contributed by atoms with Crippen LogP contribution in [0.25, 0.3) is 0 Å². The van der Waals surface area contributed by atoms with Crippen LogP contribution in [0.5, 0.6) is 0 Å². The van der Waals surface area contributed by atoms with Crippen molar-refractivity contribution in [2.75, 3.05) is 0 Å². The van der Waals surface area contributed by atoms with Crippen molar-refractivity contribution in [1.29, 1.82) is 0 Å². The van der Waals surface area contributed by atoms with E-state index in [1.807, 2.05) is 6.20 Å². The first kappa shape index (κ1) is 13.7. The van der Waals surface area contributed by atoms with Crippen molar-refractivity contribution in [3.05, 3.63) is 26.9 Å². The molecule has 0 aromatic carbocycles. The van der Waals surface area contributed by atoms with Gasteiger partial charge in [-0.25, -0.2) is 0 Å². The standard InChI is InChI=1S/C16H20Br2N2/c17-10-6-14(18)16(19-7-10)8-20-15-5-9-4-13(15)12-3-1-2-11(9)12/h6-7,9,11-13,15,20H,1-5,8H2. The summed E-state index contributed by atoms with van der Waals surface area (Å²) < 4.78 is 2.13. The quantitative estimate of drug-likeness (QED) is 0.807. The Hall–Kier alpha value is 0.0700. The molecule has 1 N–H and O–H groups in total. The minimum atomic E-state index is 0.733. The lowest BCUT2D eigenvalue weighted by Gasteiger charge is -2.32. The first-order chi connectivity index (χ1) is 9.72. The van der Waals surface area contributed by atoms with E-state index in [1.165, 1.54) is 32.1 Å². The number of fused-ring (bicyclic) bond motifs is 5. The Morgan fingerprint density at radius 1 is 1.15 bits per heavy atom. The van der Waals surface area contributed by atoms with E-state index in [4.69, 9.17) is 0 Å². The topological polar surface area (TPSA) is 24.9 Å². The lowest BCUT2D eigenvalue weighted by molar-refractivity contribution is 0.207. The smallest absolute Gasteiger partial charge is 0.0684 e. The van der Waals surface area contributed by atoms with E-state index in [-0.39, 0.29) is 0 Å². The predicted octanol–water partition coefficient (Wildman–Crippen LogP) is 4.52. The van der Waals surface area contributed by atoms with Gasteiger partial charge in [-0.3, -0.25) is 4.98 Å². The van der Waals surface area contributed by atoms with Crippen LogP contribution < -0.4 is 5.32 Å². The Labute approximate surface area is 137 Å². The van der Waals surface area contributed by atoms with Gasteiger partial charge in [0.2, 0.25) is 0 Å². The molecular weight excluding hydrogens is 380 g/mol. The molecule has 108 valence electrons. The van der Waals surface area contributed by atoms with Crippen LogP contribution in [0.4, 0.5) is 0 Å². The molecule has 4 heteroatoms. The summed E-state index contributed by atoms with van der Waals surface area (Å²) in [5.74, 6) is 4.08. The van der Waals surface area contributed by atoms with E-state index in [2.05, 4.69) is 48.2 Å². The zero-order valence-electron chi connectivity index (χ0n) is 11.5. The van der Waals surface area contributed by atoms with Crippen LogP contribution >= 0.6 is 31.9 Å². The number of hydrogen-bond acceptors (Lipinski definition) is 2. The molecule has 0 saturated heterocycles. The van der Waals surface area contributed by atoms with Gasteiger partial charge in [0.15, 0.2) is 0 Å². The maximum absolute atomic E-state index is 4.51. The fraction of sp³-hybridized carbons (Fsp3) is 0.688. The Morgan fingerprint density at radius 2 is 2.00 bits per heavy atom. The van der Waals surface area contributed by atoms with Crippen LogP contribution in [0.2, 0.25) is 0 Å². The SMILES string of the molecule is Brc1cnc(CNC2CC3CC2C2CCCC32)c(Br)c1. The largest absolute Gasteiger partial charge is 0.308 e. The number of aromatic nitrogens is 1. The number of nitrogens with one attached hydrogen (secondary N) is 1. The van der Waals surface area contributed by atoms with Crippen molar-refractivity contribution >= 4 is 31.9 Å². The van der Waals surface area contributed by atoms with Crippen molar-refractivity contribution in [2.45, 2.75) is 44.7 Å². The van der Waals surface area contributed by atoms with Gasteiger partial charge in [0.25, 0.3) is 0 Å². The molecule has 0 amide bonds. The van der Waals surface area contributed by atoms with Gasteiger partial charge >= 0.3 is 0 Å². The summed E-state index contributed by atoms with van der Waals surface area (Å²) in [7, 11) is 0. The Kier molecular flexibility index (Phi) is 3.68. The average molecular weight is 400 g/mol. The second kappa shape index (κ2) is 5.36. The fourth-order valence-electron chi connectivity index (χ4n) is 5.10. The molecule has 3 saturated carbocycles. The number of nitrogens with zero attached hydrogens (tertiary/aromatic N) is 1. The molecule has 1 heterocycles. The monoisotopic (exact) mass is 398 g/mol. The van der Waals surface area contributed by atoms with E-state index in [0.717, 1.165) is 50.9 Å². The van der Waals surface area contributed by atoms with Crippen LogP contribution in [0, 0.1) is 23.7 Å². The van der Waals surface area contributed by atoms with Gasteiger partial charge in [-0.05, 0) is 87.3 Å². The molecule has 1 aromatic heterocycles. The van der Waals surface area contributed by atoms with Gasteiger partial charge in [0.1, 0.15) is 0 Å².